The maximum Gasteiger partial charge on any atom is 0.243 e. The van der Waals surface area contributed by atoms with Gasteiger partial charge in [0.15, 0.2) is 5.84 Å². The number of halogens is 1. The zero-order chi connectivity index (χ0) is 14.0. The predicted molar refractivity (Wildman–Crippen MR) is 66.7 cm³/mol. The van der Waals surface area contributed by atoms with Crippen LogP contribution in [0.25, 0.3) is 0 Å². The molecule has 0 saturated carbocycles. The number of hydrogen-bond donors (Lipinski definition) is 2. The maximum absolute atomic E-state index is 12.8. The van der Waals surface area contributed by atoms with Crippen molar-refractivity contribution in [1.82, 2.24) is 4.31 Å². The number of rotatable bonds is 3. The van der Waals surface area contributed by atoms with Gasteiger partial charge in [-0.25, -0.2) is 12.8 Å². The zero-order valence-electron chi connectivity index (χ0n) is 10.0. The number of nitrogens with two attached hydrogens (primary N) is 1. The number of hydrogen-bond acceptors (Lipinski definition) is 4. The van der Waals surface area contributed by atoms with Crippen LogP contribution in [-0.4, -0.2) is 36.4 Å². The second-order valence-corrected chi connectivity index (χ2v) is 6.14. The summed E-state index contributed by atoms with van der Waals surface area (Å²) < 4.78 is 38.8. The van der Waals surface area contributed by atoms with Crippen molar-refractivity contribution >= 4 is 15.9 Å². The SMILES string of the molecule is N/C(=N/O)[C@@H]1CCCN1S(=O)(=O)c1ccc(F)cc1. The van der Waals surface area contributed by atoms with Crippen molar-refractivity contribution < 1.29 is 18.0 Å². The summed E-state index contributed by atoms with van der Waals surface area (Å²) in [7, 11) is -3.77. The predicted octanol–water partition coefficient (Wildman–Crippen LogP) is 0.725. The third kappa shape index (κ3) is 2.54. The van der Waals surface area contributed by atoms with E-state index in [0.717, 1.165) is 12.1 Å². The molecule has 0 spiro atoms. The summed E-state index contributed by atoms with van der Waals surface area (Å²) in [6.07, 6.45) is 1.12. The fraction of sp³-hybridized carbons (Fsp3) is 0.364. The van der Waals surface area contributed by atoms with Crippen LogP contribution in [0.4, 0.5) is 4.39 Å². The fourth-order valence-corrected chi connectivity index (χ4v) is 3.80. The maximum atomic E-state index is 12.8. The van der Waals surface area contributed by atoms with Gasteiger partial charge in [-0.2, -0.15) is 4.31 Å². The Kier molecular flexibility index (Phi) is 3.72. The Morgan fingerprint density at radius 1 is 1.42 bits per heavy atom. The summed E-state index contributed by atoms with van der Waals surface area (Å²) >= 11 is 0. The van der Waals surface area contributed by atoms with Crippen molar-refractivity contribution in [2.24, 2.45) is 10.9 Å². The van der Waals surface area contributed by atoms with Gasteiger partial charge in [-0.15, -0.1) is 0 Å². The fourth-order valence-electron chi connectivity index (χ4n) is 2.13. The first-order valence-corrected chi connectivity index (χ1v) is 7.15. The molecule has 1 aliphatic rings. The molecule has 2 rings (SSSR count). The lowest BCUT2D eigenvalue weighted by molar-refractivity contribution is 0.311. The van der Waals surface area contributed by atoms with Crippen molar-refractivity contribution in [3.63, 3.8) is 0 Å². The average molecular weight is 287 g/mol. The minimum atomic E-state index is -3.77. The molecule has 1 saturated heterocycles. The number of sulfonamides is 1. The second-order valence-electron chi connectivity index (χ2n) is 4.25. The molecule has 1 fully saturated rings. The van der Waals surface area contributed by atoms with Crippen molar-refractivity contribution in [2.75, 3.05) is 6.54 Å². The van der Waals surface area contributed by atoms with E-state index in [9.17, 15) is 12.8 Å². The molecule has 1 atom stereocenters. The van der Waals surface area contributed by atoms with Crippen molar-refractivity contribution in [2.45, 2.75) is 23.8 Å². The summed E-state index contributed by atoms with van der Waals surface area (Å²) in [5.41, 5.74) is 5.50. The van der Waals surface area contributed by atoms with E-state index in [1.54, 1.807) is 0 Å². The van der Waals surface area contributed by atoms with Gasteiger partial charge >= 0.3 is 0 Å². The van der Waals surface area contributed by atoms with Crippen molar-refractivity contribution in [3.8, 4) is 0 Å². The lowest BCUT2D eigenvalue weighted by Gasteiger charge is -2.22. The molecule has 0 aromatic heterocycles. The summed E-state index contributed by atoms with van der Waals surface area (Å²) in [5, 5.41) is 11.5. The van der Waals surface area contributed by atoms with Crippen LogP contribution in [0.1, 0.15) is 12.8 Å². The Morgan fingerprint density at radius 3 is 2.63 bits per heavy atom. The molecule has 0 bridgehead atoms. The average Bonchev–Trinajstić information content (AvgIpc) is 2.88. The van der Waals surface area contributed by atoms with E-state index >= 15 is 0 Å². The van der Waals surface area contributed by atoms with Gasteiger partial charge in [-0.3, -0.25) is 0 Å². The third-order valence-corrected chi connectivity index (χ3v) is 5.00. The molecule has 19 heavy (non-hydrogen) atoms. The van der Waals surface area contributed by atoms with Gasteiger partial charge in [0.2, 0.25) is 10.0 Å². The molecule has 1 aliphatic heterocycles. The van der Waals surface area contributed by atoms with Crippen molar-refractivity contribution in [3.05, 3.63) is 30.1 Å². The molecular weight excluding hydrogens is 273 g/mol. The summed E-state index contributed by atoms with van der Waals surface area (Å²) in [6.45, 7) is 0.292. The van der Waals surface area contributed by atoms with Crippen LogP contribution in [0.5, 0.6) is 0 Å². The second kappa shape index (κ2) is 5.14. The number of benzene rings is 1. The van der Waals surface area contributed by atoms with Gasteiger partial charge in [0.25, 0.3) is 0 Å². The van der Waals surface area contributed by atoms with Crippen LogP contribution in [-0.2, 0) is 10.0 Å². The molecular formula is C11H14FN3O3S. The van der Waals surface area contributed by atoms with Gasteiger partial charge in [0.05, 0.1) is 10.9 Å². The van der Waals surface area contributed by atoms with Gasteiger partial charge in [0, 0.05) is 6.54 Å². The van der Waals surface area contributed by atoms with Crippen LogP contribution in [0, 0.1) is 5.82 Å². The molecule has 1 aromatic rings. The normalized spacial score (nSPS) is 21.7. The van der Waals surface area contributed by atoms with Crippen molar-refractivity contribution in [1.29, 1.82) is 0 Å². The van der Waals surface area contributed by atoms with Gasteiger partial charge in [-0.05, 0) is 37.1 Å². The van der Waals surface area contributed by atoms with E-state index in [1.165, 1.54) is 16.4 Å². The third-order valence-electron chi connectivity index (χ3n) is 3.08. The molecule has 0 amide bonds. The molecule has 6 nitrogen and oxygen atoms in total. The van der Waals surface area contributed by atoms with E-state index in [1.807, 2.05) is 0 Å². The lowest BCUT2D eigenvalue weighted by Crippen LogP contribution is -2.43. The molecule has 104 valence electrons. The van der Waals surface area contributed by atoms with Gasteiger partial charge < -0.3 is 10.9 Å². The Balaban J connectivity index is 2.36. The molecule has 1 aromatic carbocycles. The molecule has 1 heterocycles. The Bertz CT molecular complexity index is 586. The first-order valence-electron chi connectivity index (χ1n) is 5.71. The van der Waals surface area contributed by atoms with Crippen LogP contribution in [0.2, 0.25) is 0 Å². The largest absolute Gasteiger partial charge is 0.409 e. The van der Waals surface area contributed by atoms with E-state index in [4.69, 9.17) is 10.9 Å². The van der Waals surface area contributed by atoms with Crippen LogP contribution >= 0.6 is 0 Å². The Hall–Kier alpha value is -1.67. The highest BCUT2D eigenvalue weighted by molar-refractivity contribution is 7.89. The monoisotopic (exact) mass is 287 g/mol. The highest BCUT2D eigenvalue weighted by atomic mass is 32.2. The summed E-state index contributed by atoms with van der Waals surface area (Å²) in [4.78, 5) is -0.00783. The highest BCUT2D eigenvalue weighted by Gasteiger charge is 2.37. The van der Waals surface area contributed by atoms with Crippen LogP contribution < -0.4 is 5.73 Å². The summed E-state index contributed by atoms with van der Waals surface area (Å²) in [5.74, 6) is -0.642. The number of amidine groups is 1. The van der Waals surface area contributed by atoms with Crippen LogP contribution in [0.15, 0.2) is 34.3 Å². The van der Waals surface area contributed by atoms with Gasteiger partial charge in [-0.1, -0.05) is 5.16 Å². The topological polar surface area (TPSA) is 96.0 Å². The Labute approximate surface area is 110 Å². The lowest BCUT2D eigenvalue weighted by atomic mass is 10.2. The molecule has 0 aliphatic carbocycles. The van der Waals surface area contributed by atoms with E-state index in [2.05, 4.69) is 5.16 Å². The molecule has 3 N–H and O–H groups in total. The zero-order valence-corrected chi connectivity index (χ0v) is 10.8. The van der Waals surface area contributed by atoms with E-state index in [0.29, 0.717) is 19.4 Å². The first-order chi connectivity index (χ1) is 8.96. The quantitative estimate of drug-likeness (QED) is 0.370. The molecule has 8 heteroatoms. The number of nitrogens with zero attached hydrogens (tertiary/aromatic N) is 2. The van der Waals surface area contributed by atoms with E-state index < -0.39 is 21.9 Å². The van der Waals surface area contributed by atoms with Crippen LogP contribution in [0.3, 0.4) is 0 Å². The van der Waals surface area contributed by atoms with E-state index in [-0.39, 0.29) is 10.7 Å². The minimum absolute atomic E-state index is 0.00783. The van der Waals surface area contributed by atoms with Gasteiger partial charge in [0.1, 0.15) is 5.82 Å². The summed E-state index contributed by atoms with van der Waals surface area (Å²) in [6, 6.07) is 3.92. The number of oxime groups is 1. The molecule has 0 unspecified atom stereocenters. The highest BCUT2D eigenvalue weighted by Crippen LogP contribution is 2.26. The Morgan fingerprint density at radius 2 is 2.05 bits per heavy atom. The molecule has 0 radical (unpaired) electrons. The smallest absolute Gasteiger partial charge is 0.243 e. The minimum Gasteiger partial charge on any atom is -0.409 e. The first kappa shape index (κ1) is 13.8. The standard InChI is InChI=1S/C11H14FN3O3S/c12-8-3-5-9(6-4-8)19(17,18)15-7-1-2-10(15)11(13)14-16/h3-6,10,16H,1-2,7H2,(H2,13,14)/t10-/m0/s1.